The maximum atomic E-state index is 11.9. The first kappa shape index (κ1) is 23.0. The second-order valence-corrected chi connectivity index (χ2v) is 8.28. The molecule has 8 heteroatoms. The summed E-state index contributed by atoms with van der Waals surface area (Å²) < 4.78 is 5.34. The lowest BCUT2D eigenvalue weighted by Crippen LogP contribution is -2.44. The average Bonchev–Trinajstić information content (AvgIpc) is 3.11. The van der Waals surface area contributed by atoms with E-state index >= 15 is 0 Å². The summed E-state index contributed by atoms with van der Waals surface area (Å²) in [5.74, 6) is 0.906. The molecule has 2 heterocycles. The van der Waals surface area contributed by atoms with Crippen molar-refractivity contribution >= 4 is 47.4 Å². The number of hydrogen-bond acceptors (Lipinski definition) is 4. The van der Waals surface area contributed by atoms with E-state index in [2.05, 4.69) is 40.8 Å². The number of aliphatic imine (C=N–C) groups is 1. The maximum absolute atomic E-state index is 11.9. The molecule has 148 valence electrons. The summed E-state index contributed by atoms with van der Waals surface area (Å²) >= 11 is 1.74. The smallest absolute Gasteiger partial charge is 0.407 e. The number of nitrogens with one attached hydrogen (secondary N) is 2. The monoisotopic (exact) mass is 494 g/mol. The SMILES string of the molecule is CCNC(=NCc1sccc1C)N1CCC(NC(=O)OC(C)(C)C)C1.I. The molecule has 1 aromatic heterocycles. The largest absolute Gasteiger partial charge is 0.444 e. The fourth-order valence-electron chi connectivity index (χ4n) is 2.68. The van der Waals surface area contributed by atoms with Gasteiger partial charge in [-0.15, -0.1) is 35.3 Å². The van der Waals surface area contributed by atoms with Crippen LogP contribution in [0.1, 0.15) is 44.6 Å². The molecule has 2 N–H and O–H groups in total. The van der Waals surface area contributed by atoms with Crippen LogP contribution in [0.15, 0.2) is 16.4 Å². The van der Waals surface area contributed by atoms with Crippen LogP contribution in [-0.2, 0) is 11.3 Å². The molecule has 0 bridgehead atoms. The summed E-state index contributed by atoms with van der Waals surface area (Å²) in [6.07, 6.45) is 0.539. The zero-order chi connectivity index (χ0) is 18.4. The number of rotatable bonds is 4. The number of aryl methyl sites for hydroxylation is 1. The van der Waals surface area contributed by atoms with Gasteiger partial charge in [0, 0.05) is 24.5 Å². The maximum Gasteiger partial charge on any atom is 0.407 e. The molecular formula is C18H31IN4O2S. The van der Waals surface area contributed by atoms with E-state index in [9.17, 15) is 4.79 Å². The molecule has 0 aliphatic carbocycles. The first-order valence-electron chi connectivity index (χ1n) is 8.84. The summed E-state index contributed by atoms with van der Waals surface area (Å²) in [6, 6.07) is 2.21. The van der Waals surface area contributed by atoms with Gasteiger partial charge in [-0.25, -0.2) is 9.79 Å². The zero-order valence-corrected chi connectivity index (χ0v) is 19.4. The standard InChI is InChI=1S/C18H30N4O2S.HI/c1-6-19-16(20-11-15-13(2)8-10-25-15)22-9-7-14(12-22)21-17(23)24-18(3,4)5;/h8,10,14H,6-7,9,11-12H2,1-5H3,(H,19,20)(H,21,23);1H. The lowest BCUT2D eigenvalue weighted by molar-refractivity contribution is 0.0507. The highest BCUT2D eigenvalue weighted by Gasteiger charge is 2.27. The van der Waals surface area contributed by atoms with Gasteiger partial charge in [-0.05, 0) is 58.0 Å². The van der Waals surface area contributed by atoms with Crippen molar-refractivity contribution < 1.29 is 9.53 Å². The Balaban J connectivity index is 0.00000338. The number of alkyl carbamates (subject to hydrolysis) is 1. The van der Waals surface area contributed by atoms with Crippen LogP contribution >= 0.6 is 35.3 Å². The van der Waals surface area contributed by atoms with Gasteiger partial charge < -0.3 is 20.3 Å². The Morgan fingerprint density at radius 1 is 1.46 bits per heavy atom. The van der Waals surface area contributed by atoms with Gasteiger partial charge in [0.15, 0.2) is 5.96 Å². The first-order chi connectivity index (χ1) is 11.8. The van der Waals surface area contributed by atoms with Crippen LogP contribution < -0.4 is 10.6 Å². The third-order valence-corrected chi connectivity index (χ3v) is 4.89. The van der Waals surface area contributed by atoms with Gasteiger partial charge in [0.05, 0.1) is 12.6 Å². The number of carbonyl (C=O) groups excluding carboxylic acids is 1. The number of amides is 1. The molecular weight excluding hydrogens is 463 g/mol. The van der Waals surface area contributed by atoms with E-state index in [1.165, 1.54) is 10.4 Å². The van der Waals surface area contributed by atoms with Crippen LogP contribution in [0.4, 0.5) is 4.79 Å². The van der Waals surface area contributed by atoms with Crippen LogP contribution in [0.25, 0.3) is 0 Å². The highest BCUT2D eigenvalue weighted by atomic mass is 127. The van der Waals surface area contributed by atoms with E-state index in [0.717, 1.165) is 32.0 Å². The Morgan fingerprint density at radius 3 is 2.77 bits per heavy atom. The van der Waals surface area contributed by atoms with E-state index in [-0.39, 0.29) is 36.1 Å². The molecule has 1 fully saturated rings. The second kappa shape index (κ2) is 10.3. The van der Waals surface area contributed by atoms with Crippen molar-refractivity contribution in [3.8, 4) is 0 Å². The first-order valence-corrected chi connectivity index (χ1v) is 9.72. The summed E-state index contributed by atoms with van der Waals surface area (Å²) in [6.45, 7) is 12.9. The number of nitrogens with zero attached hydrogens (tertiary/aromatic N) is 2. The Bertz CT molecular complexity index is 613. The van der Waals surface area contributed by atoms with Gasteiger partial charge >= 0.3 is 6.09 Å². The van der Waals surface area contributed by atoms with Crippen LogP contribution in [0.2, 0.25) is 0 Å². The van der Waals surface area contributed by atoms with Crippen molar-refractivity contribution in [2.24, 2.45) is 4.99 Å². The van der Waals surface area contributed by atoms with Gasteiger partial charge in [0.2, 0.25) is 0 Å². The van der Waals surface area contributed by atoms with Crippen LogP contribution in [0.3, 0.4) is 0 Å². The molecule has 1 atom stereocenters. The number of halogens is 1. The minimum absolute atomic E-state index is 0. The summed E-state index contributed by atoms with van der Waals surface area (Å²) in [7, 11) is 0. The number of thiophene rings is 1. The Kier molecular flexibility index (Phi) is 9.15. The lowest BCUT2D eigenvalue weighted by atomic mass is 10.2. The highest BCUT2D eigenvalue weighted by molar-refractivity contribution is 14.0. The van der Waals surface area contributed by atoms with Crippen molar-refractivity contribution in [2.75, 3.05) is 19.6 Å². The topological polar surface area (TPSA) is 66.0 Å². The normalized spacial score (nSPS) is 17.7. The molecule has 0 spiro atoms. The molecule has 1 aliphatic rings. The molecule has 1 amide bonds. The molecule has 0 aromatic carbocycles. The number of guanidine groups is 1. The fourth-order valence-corrected chi connectivity index (χ4v) is 3.51. The van der Waals surface area contributed by atoms with Gasteiger partial charge in [0.1, 0.15) is 5.60 Å². The Labute approximate surface area is 177 Å². The molecule has 0 radical (unpaired) electrons. The average molecular weight is 494 g/mol. The highest BCUT2D eigenvalue weighted by Crippen LogP contribution is 2.17. The lowest BCUT2D eigenvalue weighted by Gasteiger charge is -2.23. The summed E-state index contributed by atoms with van der Waals surface area (Å²) in [5, 5.41) is 8.41. The predicted molar refractivity (Wildman–Crippen MR) is 119 cm³/mol. The van der Waals surface area contributed by atoms with Crippen LogP contribution in [0, 0.1) is 6.92 Å². The third-order valence-electron chi connectivity index (χ3n) is 3.88. The minimum atomic E-state index is -0.475. The molecule has 2 rings (SSSR count). The van der Waals surface area contributed by atoms with Crippen molar-refractivity contribution in [1.29, 1.82) is 0 Å². The second-order valence-electron chi connectivity index (χ2n) is 7.27. The van der Waals surface area contributed by atoms with Gasteiger partial charge in [-0.3, -0.25) is 0 Å². The Hall–Kier alpha value is -1.03. The molecule has 1 saturated heterocycles. The molecule has 0 saturated carbocycles. The number of carbonyl (C=O) groups is 1. The van der Waals surface area contributed by atoms with Gasteiger partial charge in [0.25, 0.3) is 0 Å². The molecule has 1 aromatic rings. The predicted octanol–water partition coefficient (Wildman–Crippen LogP) is 3.74. The number of likely N-dealkylation sites (tertiary alicyclic amines) is 1. The molecule has 26 heavy (non-hydrogen) atoms. The van der Waals surface area contributed by atoms with Gasteiger partial charge in [-0.2, -0.15) is 0 Å². The number of hydrogen-bond donors (Lipinski definition) is 2. The molecule has 1 unspecified atom stereocenters. The quantitative estimate of drug-likeness (QED) is 0.380. The minimum Gasteiger partial charge on any atom is -0.444 e. The third kappa shape index (κ3) is 7.30. The van der Waals surface area contributed by atoms with E-state index in [1.54, 1.807) is 11.3 Å². The summed E-state index contributed by atoms with van der Waals surface area (Å²) in [5.41, 5.74) is 0.813. The van der Waals surface area contributed by atoms with Gasteiger partial charge in [-0.1, -0.05) is 0 Å². The van der Waals surface area contributed by atoms with Crippen molar-refractivity contribution in [3.05, 3.63) is 21.9 Å². The molecule has 1 aliphatic heterocycles. The Morgan fingerprint density at radius 2 is 2.19 bits per heavy atom. The van der Waals surface area contributed by atoms with Crippen molar-refractivity contribution in [3.63, 3.8) is 0 Å². The van der Waals surface area contributed by atoms with Crippen molar-refractivity contribution in [2.45, 2.75) is 59.2 Å². The number of ether oxygens (including phenoxy) is 1. The van der Waals surface area contributed by atoms with E-state index in [4.69, 9.17) is 9.73 Å². The van der Waals surface area contributed by atoms with E-state index in [0.29, 0.717) is 6.54 Å². The van der Waals surface area contributed by atoms with E-state index < -0.39 is 5.60 Å². The van der Waals surface area contributed by atoms with Crippen LogP contribution in [-0.4, -0.2) is 48.2 Å². The summed E-state index contributed by atoms with van der Waals surface area (Å²) in [4.78, 5) is 20.2. The van der Waals surface area contributed by atoms with E-state index in [1.807, 2.05) is 20.8 Å². The van der Waals surface area contributed by atoms with Crippen LogP contribution in [0.5, 0.6) is 0 Å². The fraction of sp³-hybridized carbons (Fsp3) is 0.667. The zero-order valence-electron chi connectivity index (χ0n) is 16.3. The van der Waals surface area contributed by atoms with Crippen molar-refractivity contribution in [1.82, 2.24) is 15.5 Å². The molecule has 6 nitrogen and oxygen atoms in total.